The van der Waals surface area contributed by atoms with E-state index in [9.17, 15) is 9.59 Å². The van der Waals surface area contributed by atoms with Gasteiger partial charge in [-0.15, -0.1) is 0 Å². The summed E-state index contributed by atoms with van der Waals surface area (Å²) in [6.07, 6.45) is 4.23. The molecule has 0 saturated carbocycles. The molecule has 150 valence electrons. The number of carbonyl (C=O) groups excluding carboxylic acids is 2. The molecule has 3 heterocycles. The number of benzene rings is 1. The van der Waals surface area contributed by atoms with Crippen LogP contribution in [-0.2, 0) is 13.5 Å². The number of piperazine rings is 1. The van der Waals surface area contributed by atoms with Crippen LogP contribution in [0.15, 0.2) is 53.3 Å². The van der Waals surface area contributed by atoms with E-state index in [2.05, 4.69) is 12.0 Å². The number of nitrogens with zero attached hydrogens (tertiary/aromatic N) is 4. The highest BCUT2D eigenvalue weighted by Gasteiger charge is 2.28. The third-order valence-electron chi connectivity index (χ3n) is 5.28. The lowest BCUT2D eigenvalue weighted by molar-refractivity contribution is 0.0535. The molecule has 1 saturated heterocycles. The first-order valence-electron chi connectivity index (χ1n) is 9.82. The second-order valence-corrected chi connectivity index (χ2v) is 7.18. The first kappa shape index (κ1) is 19.0. The molecule has 1 fully saturated rings. The SMILES string of the molecule is CCc1ccc(C(=O)N2CCN(C(=O)c3cn(C)nc3-c3ccco3)CC2)cc1. The van der Waals surface area contributed by atoms with Gasteiger partial charge in [-0.25, -0.2) is 0 Å². The average Bonchev–Trinajstić information content (AvgIpc) is 3.42. The van der Waals surface area contributed by atoms with Crippen molar-refractivity contribution in [3.8, 4) is 11.5 Å². The zero-order chi connectivity index (χ0) is 20.4. The van der Waals surface area contributed by atoms with Crippen LogP contribution < -0.4 is 0 Å². The molecule has 7 nitrogen and oxygen atoms in total. The van der Waals surface area contributed by atoms with E-state index < -0.39 is 0 Å². The van der Waals surface area contributed by atoms with Gasteiger partial charge in [0.1, 0.15) is 5.69 Å². The van der Waals surface area contributed by atoms with Gasteiger partial charge in [-0.1, -0.05) is 19.1 Å². The summed E-state index contributed by atoms with van der Waals surface area (Å²) in [7, 11) is 1.78. The molecule has 1 aliphatic heterocycles. The molecule has 0 unspecified atom stereocenters. The summed E-state index contributed by atoms with van der Waals surface area (Å²) in [5, 5.41) is 4.38. The Morgan fingerprint density at radius 2 is 1.66 bits per heavy atom. The Morgan fingerprint density at radius 1 is 1.00 bits per heavy atom. The quantitative estimate of drug-likeness (QED) is 0.685. The summed E-state index contributed by atoms with van der Waals surface area (Å²) < 4.78 is 7.04. The molecule has 1 aliphatic rings. The fourth-order valence-corrected chi connectivity index (χ4v) is 3.59. The zero-order valence-corrected chi connectivity index (χ0v) is 16.7. The summed E-state index contributed by atoms with van der Waals surface area (Å²) in [6.45, 7) is 4.09. The van der Waals surface area contributed by atoms with Gasteiger partial charge in [0.2, 0.25) is 0 Å². The smallest absolute Gasteiger partial charge is 0.257 e. The van der Waals surface area contributed by atoms with Gasteiger partial charge in [0, 0.05) is 45.0 Å². The first-order chi connectivity index (χ1) is 14.1. The van der Waals surface area contributed by atoms with Crippen LogP contribution in [0.4, 0.5) is 0 Å². The van der Waals surface area contributed by atoms with Crippen molar-refractivity contribution in [2.24, 2.45) is 7.05 Å². The van der Waals surface area contributed by atoms with Crippen molar-refractivity contribution in [3.05, 3.63) is 65.5 Å². The summed E-state index contributed by atoms with van der Waals surface area (Å²) in [4.78, 5) is 29.4. The van der Waals surface area contributed by atoms with Crippen molar-refractivity contribution in [2.45, 2.75) is 13.3 Å². The van der Waals surface area contributed by atoms with Crippen LogP contribution in [0.5, 0.6) is 0 Å². The molecule has 29 heavy (non-hydrogen) atoms. The fourth-order valence-electron chi connectivity index (χ4n) is 3.59. The van der Waals surface area contributed by atoms with Gasteiger partial charge in [0.15, 0.2) is 5.76 Å². The van der Waals surface area contributed by atoms with E-state index in [1.165, 1.54) is 5.56 Å². The van der Waals surface area contributed by atoms with Crippen LogP contribution in [0.1, 0.15) is 33.2 Å². The number of furan rings is 1. The number of aromatic nitrogens is 2. The van der Waals surface area contributed by atoms with Crippen LogP contribution in [0.2, 0.25) is 0 Å². The maximum absolute atomic E-state index is 13.1. The van der Waals surface area contributed by atoms with Crippen molar-refractivity contribution in [1.82, 2.24) is 19.6 Å². The molecular formula is C22H24N4O3. The zero-order valence-electron chi connectivity index (χ0n) is 16.7. The lowest BCUT2D eigenvalue weighted by atomic mass is 10.1. The molecule has 1 aromatic carbocycles. The maximum Gasteiger partial charge on any atom is 0.257 e. The highest BCUT2D eigenvalue weighted by molar-refractivity contribution is 5.99. The number of rotatable bonds is 4. The summed E-state index contributed by atoms with van der Waals surface area (Å²) in [5.41, 5.74) is 2.95. The van der Waals surface area contributed by atoms with E-state index >= 15 is 0 Å². The molecule has 3 aromatic rings. The molecule has 7 heteroatoms. The standard InChI is InChI=1S/C22H24N4O3/c1-3-16-6-8-17(9-7-16)21(27)25-10-12-26(13-11-25)22(28)18-15-24(2)23-20(18)19-5-4-14-29-19/h4-9,14-15H,3,10-13H2,1-2H3. The molecule has 0 radical (unpaired) electrons. The lowest BCUT2D eigenvalue weighted by Crippen LogP contribution is -2.50. The normalized spacial score (nSPS) is 14.3. The molecular weight excluding hydrogens is 368 g/mol. The van der Waals surface area contributed by atoms with Crippen molar-refractivity contribution in [1.29, 1.82) is 0 Å². The van der Waals surface area contributed by atoms with E-state index in [-0.39, 0.29) is 11.8 Å². The van der Waals surface area contributed by atoms with Crippen molar-refractivity contribution in [2.75, 3.05) is 26.2 Å². The summed E-state index contributed by atoms with van der Waals surface area (Å²) in [6, 6.07) is 11.3. The Kier molecular flexibility index (Phi) is 5.20. The fraction of sp³-hybridized carbons (Fsp3) is 0.318. The average molecular weight is 392 g/mol. The Morgan fingerprint density at radius 3 is 2.24 bits per heavy atom. The van der Waals surface area contributed by atoms with Crippen LogP contribution in [-0.4, -0.2) is 57.6 Å². The minimum Gasteiger partial charge on any atom is -0.463 e. The second-order valence-electron chi connectivity index (χ2n) is 7.18. The van der Waals surface area contributed by atoms with Crippen LogP contribution in [0, 0.1) is 0 Å². The highest BCUT2D eigenvalue weighted by atomic mass is 16.3. The summed E-state index contributed by atoms with van der Waals surface area (Å²) >= 11 is 0. The number of hydrogen-bond donors (Lipinski definition) is 0. The Hall–Kier alpha value is -3.35. The first-order valence-corrected chi connectivity index (χ1v) is 9.82. The Balaban J connectivity index is 1.43. The van der Waals surface area contributed by atoms with Crippen molar-refractivity contribution >= 4 is 11.8 Å². The highest BCUT2D eigenvalue weighted by Crippen LogP contribution is 2.24. The second kappa shape index (κ2) is 7.95. The molecule has 4 rings (SSSR count). The lowest BCUT2D eigenvalue weighted by Gasteiger charge is -2.34. The minimum absolute atomic E-state index is 0.0115. The molecule has 0 bridgehead atoms. The van der Waals surface area contributed by atoms with E-state index in [0.29, 0.717) is 48.8 Å². The molecule has 2 amide bonds. The van der Waals surface area contributed by atoms with Crippen LogP contribution in [0.25, 0.3) is 11.5 Å². The van der Waals surface area contributed by atoms with Gasteiger partial charge in [-0.05, 0) is 36.2 Å². The Labute approximate surface area is 169 Å². The van der Waals surface area contributed by atoms with Crippen LogP contribution >= 0.6 is 0 Å². The van der Waals surface area contributed by atoms with Gasteiger partial charge in [-0.2, -0.15) is 5.10 Å². The van der Waals surface area contributed by atoms with Gasteiger partial charge in [0.05, 0.1) is 11.8 Å². The van der Waals surface area contributed by atoms with Crippen molar-refractivity contribution in [3.63, 3.8) is 0 Å². The minimum atomic E-state index is -0.0936. The number of carbonyl (C=O) groups is 2. The van der Waals surface area contributed by atoms with E-state index in [1.54, 1.807) is 46.1 Å². The number of amides is 2. The van der Waals surface area contributed by atoms with Gasteiger partial charge in [0.25, 0.3) is 11.8 Å². The Bertz CT molecular complexity index is 997. The topological polar surface area (TPSA) is 71.6 Å². The number of hydrogen-bond acceptors (Lipinski definition) is 4. The van der Waals surface area contributed by atoms with Gasteiger partial charge < -0.3 is 14.2 Å². The largest absolute Gasteiger partial charge is 0.463 e. The predicted molar refractivity (Wildman–Crippen MR) is 109 cm³/mol. The van der Waals surface area contributed by atoms with E-state index in [4.69, 9.17) is 4.42 Å². The maximum atomic E-state index is 13.1. The molecule has 0 atom stereocenters. The van der Waals surface area contributed by atoms with E-state index in [1.807, 2.05) is 24.3 Å². The summed E-state index contributed by atoms with van der Waals surface area (Å²) in [5.74, 6) is 0.486. The third-order valence-corrected chi connectivity index (χ3v) is 5.28. The molecule has 2 aromatic heterocycles. The van der Waals surface area contributed by atoms with Gasteiger partial charge >= 0.3 is 0 Å². The number of aryl methyl sites for hydroxylation is 2. The van der Waals surface area contributed by atoms with Crippen LogP contribution in [0.3, 0.4) is 0 Å². The third kappa shape index (κ3) is 3.81. The molecule has 0 aliphatic carbocycles. The van der Waals surface area contributed by atoms with Gasteiger partial charge in [-0.3, -0.25) is 14.3 Å². The van der Waals surface area contributed by atoms with E-state index in [0.717, 1.165) is 6.42 Å². The van der Waals surface area contributed by atoms with Crippen molar-refractivity contribution < 1.29 is 14.0 Å². The molecule has 0 spiro atoms. The predicted octanol–water partition coefficient (Wildman–Crippen LogP) is 2.84. The monoisotopic (exact) mass is 392 g/mol. The molecule has 0 N–H and O–H groups in total.